The molecule has 0 aliphatic carbocycles. The molecular weight excluding hydrogens is 253 g/mol. The van der Waals surface area contributed by atoms with E-state index in [0.29, 0.717) is 11.1 Å². The predicted molar refractivity (Wildman–Crippen MR) is 69.7 cm³/mol. The lowest BCUT2D eigenvalue weighted by Crippen LogP contribution is -2.46. The van der Waals surface area contributed by atoms with Crippen LogP contribution in [0.1, 0.15) is 30.5 Å². The highest BCUT2D eigenvalue weighted by Gasteiger charge is 2.31. The fraction of sp³-hybridized carbons (Fsp3) is 0.538. The molecule has 1 aromatic carbocycles. The van der Waals surface area contributed by atoms with Gasteiger partial charge in [0.2, 0.25) is 0 Å². The van der Waals surface area contributed by atoms with Gasteiger partial charge in [-0.1, -0.05) is 19.1 Å². The van der Waals surface area contributed by atoms with Crippen LogP contribution < -0.4 is 5.32 Å². The second kappa shape index (κ2) is 4.97. The van der Waals surface area contributed by atoms with E-state index in [9.17, 15) is 12.8 Å². The molecule has 18 heavy (non-hydrogen) atoms. The zero-order chi connectivity index (χ0) is 13.3. The van der Waals surface area contributed by atoms with Gasteiger partial charge in [-0.2, -0.15) is 0 Å². The van der Waals surface area contributed by atoms with Crippen molar-refractivity contribution >= 4 is 9.84 Å². The van der Waals surface area contributed by atoms with Gasteiger partial charge in [-0.25, -0.2) is 12.8 Å². The molecule has 1 aliphatic rings. The van der Waals surface area contributed by atoms with Gasteiger partial charge in [0.25, 0.3) is 0 Å². The molecule has 0 amide bonds. The summed E-state index contributed by atoms with van der Waals surface area (Å²) in [7, 11) is -3.05. The minimum Gasteiger partial charge on any atom is -0.305 e. The van der Waals surface area contributed by atoms with Crippen LogP contribution in [0.4, 0.5) is 4.39 Å². The van der Waals surface area contributed by atoms with Crippen molar-refractivity contribution in [1.29, 1.82) is 0 Å². The third-order valence-corrected chi connectivity index (χ3v) is 5.16. The summed E-state index contributed by atoms with van der Waals surface area (Å²) in [5.41, 5.74) is 1.28. The van der Waals surface area contributed by atoms with Crippen molar-refractivity contribution in [2.45, 2.75) is 32.4 Å². The lowest BCUT2D eigenvalue weighted by Gasteiger charge is -2.30. The maximum Gasteiger partial charge on any atom is 0.153 e. The number of hydrogen-bond acceptors (Lipinski definition) is 3. The summed E-state index contributed by atoms with van der Waals surface area (Å²) in [5, 5.41) is 3.28. The molecule has 1 heterocycles. The third kappa shape index (κ3) is 2.90. The molecule has 0 saturated carbocycles. The highest BCUT2D eigenvalue weighted by molar-refractivity contribution is 7.91. The lowest BCUT2D eigenvalue weighted by atomic mass is 10.0. The van der Waals surface area contributed by atoms with E-state index in [-0.39, 0.29) is 29.4 Å². The van der Waals surface area contributed by atoms with Crippen molar-refractivity contribution in [3.05, 3.63) is 35.1 Å². The van der Waals surface area contributed by atoms with Gasteiger partial charge in [-0.05, 0) is 30.5 Å². The third-order valence-electron chi connectivity index (χ3n) is 3.40. The summed E-state index contributed by atoms with van der Waals surface area (Å²) in [4.78, 5) is 0. The number of hydrogen-bond donors (Lipinski definition) is 1. The van der Waals surface area contributed by atoms with Crippen LogP contribution in [-0.2, 0) is 9.84 Å². The van der Waals surface area contributed by atoms with E-state index >= 15 is 0 Å². The van der Waals surface area contributed by atoms with E-state index in [0.717, 1.165) is 6.42 Å². The van der Waals surface area contributed by atoms with Gasteiger partial charge in [0, 0.05) is 12.1 Å². The highest BCUT2D eigenvalue weighted by atomic mass is 32.2. The first-order valence-electron chi connectivity index (χ1n) is 6.14. The molecule has 3 nitrogen and oxygen atoms in total. The number of nitrogens with one attached hydrogen (secondary N) is 1. The molecule has 100 valence electrons. The molecular formula is C13H18FNO2S. The van der Waals surface area contributed by atoms with Gasteiger partial charge in [0.1, 0.15) is 5.82 Å². The Balaban J connectivity index is 2.29. The Bertz CT molecular complexity index is 542. The first kappa shape index (κ1) is 13.5. The van der Waals surface area contributed by atoms with Crippen LogP contribution in [-0.4, -0.2) is 26.0 Å². The van der Waals surface area contributed by atoms with Gasteiger partial charge in [-0.15, -0.1) is 0 Å². The quantitative estimate of drug-likeness (QED) is 0.894. The summed E-state index contributed by atoms with van der Waals surface area (Å²) in [6.45, 7) is 3.64. The van der Waals surface area contributed by atoms with Crippen molar-refractivity contribution in [2.75, 3.05) is 11.5 Å². The predicted octanol–water partition coefficient (Wildman–Crippen LogP) is 1.97. The number of benzene rings is 1. The minimum atomic E-state index is -3.05. The van der Waals surface area contributed by atoms with E-state index in [4.69, 9.17) is 0 Å². The first-order valence-corrected chi connectivity index (χ1v) is 7.96. The smallest absolute Gasteiger partial charge is 0.153 e. The maximum absolute atomic E-state index is 13.5. The van der Waals surface area contributed by atoms with Crippen molar-refractivity contribution in [1.82, 2.24) is 5.32 Å². The zero-order valence-corrected chi connectivity index (χ0v) is 11.4. The second-order valence-electron chi connectivity index (χ2n) is 4.91. The van der Waals surface area contributed by atoms with E-state index in [2.05, 4.69) is 5.32 Å². The van der Waals surface area contributed by atoms with Gasteiger partial charge < -0.3 is 5.32 Å². The Morgan fingerprint density at radius 1 is 1.39 bits per heavy atom. The van der Waals surface area contributed by atoms with Gasteiger partial charge in [0.05, 0.1) is 11.5 Å². The van der Waals surface area contributed by atoms with Gasteiger partial charge in [-0.3, -0.25) is 0 Å². The molecule has 1 fully saturated rings. The van der Waals surface area contributed by atoms with Crippen LogP contribution in [0.5, 0.6) is 0 Å². The Morgan fingerprint density at radius 2 is 2.11 bits per heavy atom. The van der Waals surface area contributed by atoms with Crippen LogP contribution in [0.2, 0.25) is 0 Å². The van der Waals surface area contributed by atoms with Crippen molar-refractivity contribution < 1.29 is 12.8 Å². The lowest BCUT2D eigenvalue weighted by molar-refractivity contribution is 0.438. The van der Waals surface area contributed by atoms with Gasteiger partial charge >= 0.3 is 0 Å². The fourth-order valence-electron chi connectivity index (χ4n) is 2.26. The van der Waals surface area contributed by atoms with E-state index in [1.165, 1.54) is 6.07 Å². The summed E-state index contributed by atoms with van der Waals surface area (Å²) < 4.78 is 37.2. The molecule has 1 aliphatic heterocycles. The maximum atomic E-state index is 13.5. The normalized spacial score (nSPS) is 27.1. The molecule has 0 radical (unpaired) electrons. The molecule has 5 heteroatoms. The number of aryl methyl sites for hydroxylation is 1. The number of sulfone groups is 1. The zero-order valence-electron chi connectivity index (χ0n) is 10.6. The van der Waals surface area contributed by atoms with Crippen molar-refractivity contribution in [3.8, 4) is 0 Å². The molecule has 2 rings (SSSR count). The molecule has 2 unspecified atom stereocenters. The highest BCUT2D eigenvalue weighted by Crippen LogP contribution is 2.23. The Morgan fingerprint density at radius 3 is 2.72 bits per heavy atom. The van der Waals surface area contributed by atoms with E-state index in [1.807, 2.05) is 6.92 Å². The van der Waals surface area contributed by atoms with Crippen LogP contribution in [0.3, 0.4) is 0 Å². The van der Waals surface area contributed by atoms with Crippen LogP contribution in [0, 0.1) is 12.7 Å². The second-order valence-corrected chi connectivity index (χ2v) is 7.06. The standard InChI is InChI=1S/C13H18FNO2S/c1-3-11-7-18(16,17)8-13(15-11)10-5-4-9(2)12(14)6-10/h4-6,11,13,15H,3,7-8H2,1-2H3. The van der Waals surface area contributed by atoms with E-state index < -0.39 is 9.84 Å². The Hall–Kier alpha value is -0.940. The minimum absolute atomic E-state index is 0.0434. The average Bonchev–Trinajstić information content (AvgIpc) is 2.30. The summed E-state index contributed by atoms with van der Waals surface area (Å²) >= 11 is 0. The number of halogens is 1. The molecule has 0 bridgehead atoms. The Labute approximate surface area is 107 Å². The van der Waals surface area contributed by atoms with Crippen LogP contribution in [0.15, 0.2) is 18.2 Å². The largest absolute Gasteiger partial charge is 0.305 e. The fourth-order valence-corrected chi connectivity index (χ4v) is 4.14. The molecule has 0 spiro atoms. The summed E-state index contributed by atoms with van der Waals surface area (Å²) in [6, 6.07) is 4.57. The average molecular weight is 271 g/mol. The molecule has 1 N–H and O–H groups in total. The Kier molecular flexibility index (Phi) is 3.73. The molecule has 2 atom stereocenters. The number of rotatable bonds is 2. The van der Waals surface area contributed by atoms with Crippen LogP contribution >= 0.6 is 0 Å². The van der Waals surface area contributed by atoms with Gasteiger partial charge in [0.15, 0.2) is 9.84 Å². The molecule has 1 saturated heterocycles. The molecule has 0 aromatic heterocycles. The topological polar surface area (TPSA) is 46.2 Å². The van der Waals surface area contributed by atoms with Crippen LogP contribution in [0.25, 0.3) is 0 Å². The van der Waals surface area contributed by atoms with E-state index in [1.54, 1.807) is 19.1 Å². The SMILES string of the molecule is CCC1CS(=O)(=O)CC(c2ccc(C)c(F)c2)N1. The first-order chi connectivity index (χ1) is 8.41. The summed E-state index contributed by atoms with van der Waals surface area (Å²) in [5.74, 6) is -0.0642. The summed E-state index contributed by atoms with van der Waals surface area (Å²) in [6.07, 6.45) is 0.754. The van der Waals surface area contributed by atoms with Crippen molar-refractivity contribution in [2.24, 2.45) is 0 Å². The monoisotopic (exact) mass is 271 g/mol. The van der Waals surface area contributed by atoms with Crippen molar-refractivity contribution in [3.63, 3.8) is 0 Å². The molecule has 1 aromatic rings.